The van der Waals surface area contributed by atoms with Crippen LogP contribution < -0.4 is 11.1 Å². The summed E-state index contributed by atoms with van der Waals surface area (Å²) < 4.78 is 0. The summed E-state index contributed by atoms with van der Waals surface area (Å²) in [5.74, 6) is 0.311. The third kappa shape index (κ3) is 3.70. The lowest BCUT2D eigenvalue weighted by atomic mass is 9.95. The molecule has 0 aromatic rings. The fourth-order valence-electron chi connectivity index (χ4n) is 3.13. The van der Waals surface area contributed by atoms with Crippen LogP contribution in [0.4, 0.5) is 0 Å². The fraction of sp³-hybridized carbons (Fsp3) is 0.857. The van der Waals surface area contributed by atoms with Gasteiger partial charge in [-0.3, -0.25) is 9.59 Å². The molecule has 2 saturated heterocycles. The molecule has 0 spiro atoms. The molecule has 0 saturated carbocycles. The van der Waals surface area contributed by atoms with Crippen LogP contribution in [-0.4, -0.2) is 67.9 Å². The third-order valence-corrected chi connectivity index (χ3v) is 4.29. The maximum Gasteiger partial charge on any atom is 0.227 e. The van der Waals surface area contributed by atoms with Gasteiger partial charge in [0.05, 0.1) is 11.8 Å². The summed E-state index contributed by atoms with van der Waals surface area (Å²) in [6.07, 6.45) is 2.72. The van der Waals surface area contributed by atoms with Crippen molar-refractivity contribution in [2.75, 3.05) is 46.3 Å². The topological polar surface area (TPSA) is 78.7 Å². The van der Waals surface area contributed by atoms with Crippen LogP contribution in [0.25, 0.3) is 0 Å². The van der Waals surface area contributed by atoms with Gasteiger partial charge in [0.15, 0.2) is 0 Å². The van der Waals surface area contributed by atoms with Crippen molar-refractivity contribution in [3.8, 4) is 0 Å². The van der Waals surface area contributed by atoms with E-state index < -0.39 is 0 Å². The Kier molecular flexibility index (Phi) is 5.37. The molecular formula is C14H26N4O2. The third-order valence-electron chi connectivity index (χ3n) is 4.29. The summed E-state index contributed by atoms with van der Waals surface area (Å²) in [7, 11) is 2.05. The van der Waals surface area contributed by atoms with E-state index in [4.69, 9.17) is 5.73 Å². The number of carbonyl (C=O) groups is 2. The van der Waals surface area contributed by atoms with E-state index in [1.807, 2.05) is 11.9 Å². The van der Waals surface area contributed by atoms with E-state index in [9.17, 15) is 9.59 Å². The first-order chi connectivity index (χ1) is 9.61. The molecule has 3 N–H and O–H groups in total. The van der Waals surface area contributed by atoms with Crippen molar-refractivity contribution in [1.82, 2.24) is 15.1 Å². The molecular weight excluding hydrogens is 256 g/mol. The summed E-state index contributed by atoms with van der Waals surface area (Å²) in [6, 6.07) is 0. The molecule has 0 aliphatic carbocycles. The van der Waals surface area contributed by atoms with Gasteiger partial charge in [0.1, 0.15) is 0 Å². The number of hydrogen-bond acceptors (Lipinski definition) is 4. The van der Waals surface area contributed by atoms with Crippen LogP contribution in [-0.2, 0) is 9.59 Å². The quantitative estimate of drug-likeness (QED) is 0.711. The van der Waals surface area contributed by atoms with Crippen LogP contribution in [0.3, 0.4) is 0 Å². The van der Waals surface area contributed by atoms with Gasteiger partial charge in [0, 0.05) is 32.7 Å². The lowest BCUT2D eigenvalue weighted by molar-refractivity contribution is -0.138. The molecule has 2 aliphatic heterocycles. The summed E-state index contributed by atoms with van der Waals surface area (Å²) in [5, 5.41) is 2.83. The molecule has 2 heterocycles. The van der Waals surface area contributed by atoms with Gasteiger partial charge in [-0.1, -0.05) is 0 Å². The zero-order valence-electron chi connectivity index (χ0n) is 12.3. The monoisotopic (exact) mass is 282 g/mol. The van der Waals surface area contributed by atoms with Crippen molar-refractivity contribution in [3.63, 3.8) is 0 Å². The standard InChI is InChI=1S/C14H26N4O2/c1-17-8-4-12(9-17)14(20)18-7-2-3-11(10-18)13(19)16-6-5-15/h11-12H,2-10,15H2,1H3,(H,16,19). The van der Waals surface area contributed by atoms with Gasteiger partial charge >= 0.3 is 0 Å². The Labute approximate surface area is 120 Å². The molecule has 0 bridgehead atoms. The molecule has 0 aromatic carbocycles. The van der Waals surface area contributed by atoms with Gasteiger partial charge < -0.3 is 20.9 Å². The summed E-state index contributed by atoms with van der Waals surface area (Å²) in [5.41, 5.74) is 5.39. The van der Waals surface area contributed by atoms with E-state index >= 15 is 0 Å². The lowest BCUT2D eigenvalue weighted by Crippen LogP contribution is -2.48. The van der Waals surface area contributed by atoms with Crippen molar-refractivity contribution < 1.29 is 9.59 Å². The molecule has 0 aromatic heterocycles. The van der Waals surface area contributed by atoms with Crippen LogP contribution >= 0.6 is 0 Å². The minimum atomic E-state index is -0.0709. The van der Waals surface area contributed by atoms with Gasteiger partial charge in [-0.05, 0) is 32.9 Å². The van der Waals surface area contributed by atoms with Crippen molar-refractivity contribution in [2.45, 2.75) is 19.3 Å². The molecule has 2 rings (SSSR count). The van der Waals surface area contributed by atoms with Crippen molar-refractivity contribution >= 4 is 11.8 Å². The second kappa shape index (κ2) is 7.04. The molecule has 0 radical (unpaired) electrons. The fourth-order valence-corrected chi connectivity index (χ4v) is 3.13. The van der Waals surface area contributed by atoms with Gasteiger partial charge in [0.2, 0.25) is 11.8 Å². The SMILES string of the molecule is CN1CCC(C(=O)N2CCCC(C(=O)NCCN)C2)C1. The van der Waals surface area contributed by atoms with Crippen molar-refractivity contribution in [2.24, 2.45) is 17.6 Å². The van der Waals surface area contributed by atoms with E-state index in [2.05, 4.69) is 10.2 Å². The van der Waals surface area contributed by atoms with E-state index in [-0.39, 0.29) is 23.7 Å². The Morgan fingerprint density at radius 3 is 2.65 bits per heavy atom. The van der Waals surface area contributed by atoms with E-state index in [0.29, 0.717) is 19.6 Å². The minimum absolute atomic E-state index is 0.0384. The number of carbonyl (C=O) groups excluding carboxylic acids is 2. The first-order valence-corrected chi connectivity index (χ1v) is 7.57. The Balaban J connectivity index is 1.86. The highest BCUT2D eigenvalue weighted by Crippen LogP contribution is 2.22. The van der Waals surface area contributed by atoms with Gasteiger partial charge in [0.25, 0.3) is 0 Å². The number of piperidine rings is 1. The Morgan fingerprint density at radius 2 is 2.00 bits per heavy atom. The van der Waals surface area contributed by atoms with E-state index in [1.54, 1.807) is 0 Å². The molecule has 6 nitrogen and oxygen atoms in total. The zero-order chi connectivity index (χ0) is 14.5. The minimum Gasteiger partial charge on any atom is -0.355 e. The average molecular weight is 282 g/mol. The number of nitrogens with two attached hydrogens (primary N) is 1. The number of rotatable bonds is 4. The first-order valence-electron chi connectivity index (χ1n) is 7.57. The molecule has 6 heteroatoms. The highest BCUT2D eigenvalue weighted by atomic mass is 16.2. The number of nitrogens with one attached hydrogen (secondary N) is 1. The number of hydrogen-bond donors (Lipinski definition) is 2. The Morgan fingerprint density at radius 1 is 1.20 bits per heavy atom. The highest BCUT2D eigenvalue weighted by Gasteiger charge is 2.34. The molecule has 2 fully saturated rings. The second-order valence-electron chi connectivity index (χ2n) is 5.95. The molecule has 2 amide bonds. The second-order valence-corrected chi connectivity index (χ2v) is 5.95. The van der Waals surface area contributed by atoms with Gasteiger partial charge in [-0.15, -0.1) is 0 Å². The van der Waals surface area contributed by atoms with E-state index in [1.165, 1.54) is 0 Å². The molecule has 114 valence electrons. The predicted octanol–water partition coefficient (Wildman–Crippen LogP) is -0.748. The Hall–Kier alpha value is -1.14. The zero-order valence-corrected chi connectivity index (χ0v) is 12.3. The number of nitrogens with zero attached hydrogens (tertiary/aromatic N) is 2. The highest BCUT2D eigenvalue weighted by molar-refractivity contribution is 5.82. The number of likely N-dealkylation sites (tertiary alicyclic amines) is 2. The van der Waals surface area contributed by atoms with Crippen LogP contribution in [0.1, 0.15) is 19.3 Å². The van der Waals surface area contributed by atoms with Gasteiger partial charge in [-0.2, -0.15) is 0 Å². The largest absolute Gasteiger partial charge is 0.355 e. The molecule has 2 unspecified atom stereocenters. The van der Waals surface area contributed by atoms with E-state index in [0.717, 1.165) is 38.9 Å². The Bertz CT molecular complexity index is 361. The van der Waals surface area contributed by atoms with Crippen LogP contribution in [0, 0.1) is 11.8 Å². The smallest absolute Gasteiger partial charge is 0.227 e. The number of amides is 2. The normalized spacial score (nSPS) is 27.6. The maximum atomic E-state index is 12.5. The predicted molar refractivity (Wildman–Crippen MR) is 77.0 cm³/mol. The lowest BCUT2D eigenvalue weighted by Gasteiger charge is -2.33. The van der Waals surface area contributed by atoms with Crippen LogP contribution in [0.15, 0.2) is 0 Å². The summed E-state index contributed by atoms with van der Waals surface area (Å²) in [6.45, 7) is 4.16. The summed E-state index contributed by atoms with van der Waals surface area (Å²) >= 11 is 0. The van der Waals surface area contributed by atoms with Crippen molar-refractivity contribution in [1.29, 1.82) is 0 Å². The molecule has 20 heavy (non-hydrogen) atoms. The average Bonchev–Trinajstić information content (AvgIpc) is 2.90. The first kappa shape index (κ1) is 15.3. The van der Waals surface area contributed by atoms with Crippen LogP contribution in [0.5, 0.6) is 0 Å². The molecule has 2 aliphatic rings. The van der Waals surface area contributed by atoms with Crippen molar-refractivity contribution in [3.05, 3.63) is 0 Å². The summed E-state index contributed by atoms with van der Waals surface area (Å²) in [4.78, 5) is 28.5. The maximum absolute atomic E-state index is 12.5. The van der Waals surface area contributed by atoms with Crippen LogP contribution in [0.2, 0.25) is 0 Å². The van der Waals surface area contributed by atoms with Gasteiger partial charge in [-0.25, -0.2) is 0 Å². The molecule has 2 atom stereocenters.